The molecule has 7 rings (SSSR count). The van der Waals surface area contributed by atoms with Gasteiger partial charge in [0.25, 0.3) is 11.1 Å². The molecule has 210 valence electrons. The molecule has 4 bridgehead atoms. The number of hydrogen-bond donors (Lipinski definition) is 0. The molecule has 2 amide bonds. The van der Waals surface area contributed by atoms with Gasteiger partial charge in [0.05, 0.1) is 33.5 Å². The smallest absolute Gasteiger partial charge is 0.317 e. The summed E-state index contributed by atoms with van der Waals surface area (Å²) in [6.07, 6.45) is 8.10. The number of benzene rings is 2. The third kappa shape index (κ3) is 5.28. The Balaban J connectivity index is 1.15. The van der Waals surface area contributed by atoms with Crippen molar-refractivity contribution in [2.24, 2.45) is 23.2 Å². The lowest BCUT2D eigenvalue weighted by Gasteiger charge is -2.55. The number of esters is 1. The Morgan fingerprint density at radius 3 is 2.42 bits per heavy atom. The monoisotopic (exact) mass is 645 g/mol. The first-order valence-corrected chi connectivity index (χ1v) is 15.5. The third-order valence-electron chi connectivity index (χ3n) is 8.50. The van der Waals surface area contributed by atoms with Crippen molar-refractivity contribution in [2.75, 3.05) is 20.3 Å². The molecule has 10 heteroatoms. The van der Waals surface area contributed by atoms with Crippen LogP contribution in [0.1, 0.15) is 44.1 Å². The second-order valence-electron chi connectivity index (χ2n) is 11.2. The quantitative estimate of drug-likeness (QED) is 0.169. The molecule has 0 spiro atoms. The van der Waals surface area contributed by atoms with Crippen molar-refractivity contribution in [1.29, 1.82) is 0 Å². The van der Waals surface area contributed by atoms with E-state index in [-0.39, 0.29) is 29.3 Å². The first-order valence-electron chi connectivity index (χ1n) is 13.5. The van der Waals surface area contributed by atoms with Crippen LogP contribution in [0.5, 0.6) is 17.2 Å². The van der Waals surface area contributed by atoms with Gasteiger partial charge in [-0.05, 0) is 120 Å². The van der Waals surface area contributed by atoms with Crippen LogP contribution in [0.25, 0.3) is 6.08 Å². The van der Waals surface area contributed by atoms with E-state index in [1.54, 1.807) is 42.5 Å². The van der Waals surface area contributed by atoms with Crippen molar-refractivity contribution >= 4 is 62.5 Å². The standard InChI is InChI=1S/C30H29BrClNO6S/c1-37-24-12-17(13-25-27(34)33(29(36)40-25)6-7-38-23-5-3-2-4-22(23)32)11-21(31)26(24)39-28(35)30-14-18-8-19(15-30)10-20(9-18)16-30/h2-5,11-13,18-20H,6-10,14-16H2,1H3/b25-13-. The zero-order valence-electron chi connectivity index (χ0n) is 22.0. The molecular weight excluding hydrogens is 618 g/mol. The number of rotatable bonds is 8. The molecule has 0 atom stereocenters. The minimum absolute atomic E-state index is 0.0967. The van der Waals surface area contributed by atoms with Gasteiger partial charge < -0.3 is 14.2 Å². The molecule has 5 fully saturated rings. The van der Waals surface area contributed by atoms with E-state index < -0.39 is 11.3 Å². The predicted octanol–water partition coefficient (Wildman–Crippen LogP) is 7.35. The SMILES string of the molecule is COc1cc(/C=C2\SC(=O)N(CCOc3ccccc3Cl)C2=O)cc(Br)c1OC(=O)C12CC3CC(CC(C3)C1)C2. The Labute approximate surface area is 250 Å². The van der Waals surface area contributed by atoms with Gasteiger partial charge in [0.1, 0.15) is 12.4 Å². The average Bonchev–Trinajstić information content (AvgIpc) is 3.17. The van der Waals surface area contributed by atoms with E-state index in [4.69, 9.17) is 25.8 Å². The van der Waals surface area contributed by atoms with Crippen LogP contribution in [-0.4, -0.2) is 42.3 Å². The number of halogens is 2. The number of carbonyl (C=O) groups excluding carboxylic acids is 3. The van der Waals surface area contributed by atoms with E-state index in [2.05, 4.69) is 15.9 Å². The number of imide groups is 1. The maximum atomic E-state index is 13.5. The fourth-order valence-corrected chi connectivity index (χ4v) is 8.73. The molecule has 7 nitrogen and oxygen atoms in total. The summed E-state index contributed by atoms with van der Waals surface area (Å²) >= 11 is 10.5. The normalized spacial score (nSPS) is 27.9. The van der Waals surface area contributed by atoms with Crippen LogP contribution in [0, 0.1) is 23.2 Å². The molecule has 0 N–H and O–H groups in total. The highest BCUT2D eigenvalue weighted by Gasteiger charge is 2.55. The van der Waals surface area contributed by atoms with Crippen LogP contribution in [0.4, 0.5) is 4.79 Å². The first-order chi connectivity index (χ1) is 19.2. The van der Waals surface area contributed by atoms with E-state index in [9.17, 15) is 14.4 Å². The minimum Gasteiger partial charge on any atom is -0.493 e. The number of methoxy groups -OCH3 is 1. The summed E-state index contributed by atoms with van der Waals surface area (Å²) in [5.74, 6) is 2.53. The summed E-state index contributed by atoms with van der Waals surface area (Å²) in [5, 5.41) is 0.0919. The lowest BCUT2D eigenvalue weighted by Crippen LogP contribution is -2.51. The van der Waals surface area contributed by atoms with Gasteiger partial charge in [-0.2, -0.15) is 0 Å². The summed E-state index contributed by atoms with van der Waals surface area (Å²) in [6.45, 7) is 0.220. The minimum atomic E-state index is -0.398. The molecule has 2 aromatic rings. The molecule has 1 saturated heterocycles. The lowest BCUT2D eigenvalue weighted by molar-refractivity contribution is -0.161. The van der Waals surface area contributed by atoms with Crippen LogP contribution in [0.3, 0.4) is 0 Å². The molecule has 1 aliphatic heterocycles. The number of ether oxygens (including phenoxy) is 3. The number of nitrogens with zero attached hydrogens (tertiary/aromatic N) is 1. The number of carbonyl (C=O) groups is 3. The van der Waals surface area contributed by atoms with E-state index in [0.29, 0.717) is 50.1 Å². The molecule has 1 heterocycles. The number of para-hydroxylation sites is 1. The molecule has 0 radical (unpaired) electrons. The highest BCUT2D eigenvalue weighted by atomic mass is 79.9. The maximum Gasteiger partial charge on any atom is 0.317 e. The summed E-state index contributed by atoms with van der Waals surface area (Å²) in [6, 6.07) is 10.5. The molecule has 4 aliphatic carbocycles. The van der Waals surface area contributed by atoms with Crippen molar-refractivity contribution in [2.45, 2.75) is 38.5 Å². The van der Waals surface area contributed by atoms with Gasteiger partial charge in [-0.1, -0.05) is 23.7 Å². The number of thioether (sulfide) groups is 1. The van der Waals surface area contributed by atoms with Gasteiger partial charge in [-0.3, -0.25) is 19.3 Å². The zero-order chi connectivity index (χ0) is 28.0. The number of amides is 2. The van der Waals surface area contributed by atoms with Crippen LogP contribution in [0.15, 0.2) is 45.8 Å². The van der Waals surface area contributed by atoms with Crippen molar-refractivity contribution in [3.63, 3.8) is 0 Å². The molecule has 0 aromatic heterocycles. The Kier molecular flexibility index (Phi) is 7.65. The highest BCUT2D eigenvalue weighted by Crippen LogP contribution is 2.60. The molecule has 4 saturated carbocycles. The second-order valence-corrected chi connectivity index (χ2v) is 13.5. The molecular formula is C30H29BrClNO6S. The van der Waals surface area contributed by atoms with E-state index in [1.807, 2.05) is 0 Å². The van der Waals surface area contributed by atoms with Gasteiger partial charge in [0.2, 0.25) is 0 Å². The van der Waals surface area contributed by atoms with Gasteiger partial charge in [0, 0.05) is 0 Å². The van der Waals surface area contributed by atoms with E-state index in [0.717, 1.165) is 35.9 Å². The molecule has 5 aliphatic rings. The largest absolute Gasteiger partial charge is 0.493 e. The van der Waals surface area contributed by atoms with E-state index in [1.165, 1.54) is 26.4 Å². The summed E-state index contributed by atoms with van der Waals surface area (Å²) in [4.78, 5) is 40.6. The third-order valence-corrected chi connectivity index (χ3v) is 10.3. The van der Waals surface area contributed by atoms with E-state index >= 15 is 0 Å². The van der Waals surface area contributed by atoms with Crippen LogP contribution in [0.2, 0.25) is 5.02 Å². The Morgan fingerprint density at radius 1 is 1.10 bits per heavy atom. The zero-order valence-corrected chi connectivity index (χ0v) is 25.1. The van der Waals surface area contributed by atoms with Crippen LogP contribution >= 0.6 is 39.3 Å². The van der Waals surface area contributed by atoms with Crippen molar-refractivity contribution in [3.05, 3.63) is 56.4 Å². The molecule has 0 unspecified atom stereocenters. The Morgan fingerprint density at radius 2 is 1.77 bits per heavy atom. The maximum absolute atomic E-state index is 13.5. The van der Waals surface area contributed by atoms with Crippen LogP contribution in [-0.2, 0) is 9.59 Å². The molecule has 40 heavy (non-hydrogen) atoms. The van der Waals surface area contributed by atoms with Crippen molar-refractivity contribution < 1.29 is 28.6 Å². The summed E-state index contributed by atoms with van der Waals surface area (Å²) < 4.78 is 17.8. The predicted molar refractivity (Wildman–Crippen MR) is 157 cm³/mol. The average molecular weight is 647 g/mol. The topological polar surface area (TPSA) is 82.1 Å². The van der Waals surface area contributed by atoms with Gasteiger partial charge in [0.15, 0.2) is 11.5 Å². The van der Waals surface area contributed by atoms with Gasteiger partial charge in [-0.15, -0.1) is 0 Å². The second kappa shape index (κ2) is 11.1. The van der Waals surface area contributed by atoms with Crippen LogP contribution < -0.4 is 14.2 Å². The molecule has 2 aromatic carbocycles. The van der Waals surface area contributed by atoms with Gasteiger partial charge >= 0.3 is 5.97 Å². The fourth-order valence-electron chi connectivity index (χ4n) is 7.14. The lowest BCUT2D eigenvalue weighted by atomic mass is 9.49. The Hall–Kier alpha value is -2.49. The Bertz CT molecular complexity index is 1380. The van der Waals surface area contributed by atoms with Crippen molar-refractivity contribution in [1.82, 2.24) is 4.90 Å². The number of hydrogen-bond acceptors (Lipinski definition) is 7. The fraction of sp³-hybridized carbons (Fsp3) is 0.433. The van der Waals surface area contributed by atoms with Crippen molar-refractivity contribution in [3.8, 4) is 17.2 Å². The first kappa shape index (κ1) is 27.7. The van der Waals surface area contributed by atoms with Gasteiger partial charge in [-0.25, -0.2) is 0 Å². The summed E-state index contributed by atoms with van der Waals surface area (Å²) in [5.41, 5.74) is 0.239. The highest BCUT2D eigenvalue weighted by molar-refractivity contribution is 9.10. The summed E-state index contributed by atoms with van der Waals surface area (Å²) in [7, 11) is 1.51.